The zero-order chi connectivity index (χ0) is 13.7. The smallest absolute Gasteiger partial charge is 0.326 e. The van der Waals surface area contributed by atoms with Gasteiger partial charge in [0.25, 0.3) is 5.91 Å². The van der Waals surface area contributed by atoms with Crippen LogP contribution in [0.15, 0.2) is 10.6 Å². The summed E-state index contributed by atoms with van der Waals surface area (Å²) in [5.74, 6) is -2.96. The molecular formula is C10H12N2O6. The molecular weight excluding hydrogens is 244 g/mol. The van der Waals surface area contributed by atoms with Crippen molar-refractivity contribution < 1.29 is 28.8 Å². The molecule has 0 saturated heterocycles. The molecule has 0 aromatic carbocycles. The summed E-state index contributed by atoms with van der Waals surface area (Å²) >= 11 is 0. The predicted molar refractivity (Wildman–Crippen MR) is 56.8 cm³/mol. The van der Waals surface area contributed by atoms with E-state index in [4.69, 9.17) is 5.11 Å². The Kier molecular flexibility index (Phi) is 4.41. The van der Waals surface area contributed by atoms with Gasteiger partial charge in [-0.2, -0.15) is 0 Å². The SMILES string of the molecule is COC(=O)C[C@H](NC(=O)c1cc(C)no1)C(=O)O. The first-order valence-corrected chi connectivity index (χ1v) is 4.98. The van der Waals surface area contributed by atoms with Gasteiger partial charge in [-0.05, 0) is 6.92 Å². The fourth-order valence-corrected chi connectivity index (χ4v) is 1.15. The second kappa shape index (κ2) is 5.80. The highest BCUT2D eigenvalue weighted by molar-refractivity contribution is 5.95. The number of methoxy groups -OCH3 is 1. The minimum absolute atomic E-state index is 0.122. The highest BCUT2D eigenvalue weighted by Gasteiger charge is 2.25. The summed E-state index contributed by atoms with van der Waals surface area (Å²) in [4.78, 5) is 33.4. The van der Waals surface area contributed by atoms with E-state index in [-0.39, 0.29) is 5.76 Å². The molecule has 0 aliphatic carbocycles. The first-order valence-electron chi connectivity index (χ1n) is 4.98. The third-order valence-corrected chi connectivity index (χ3v) is 2.05. The minimum Gasteiger partial charge on any atom is -0.480 e. The second-order valence-electron chi connectivity index (χ2n) is 3.48. The molecule has 0 bridgehead atoms. The normalized spacial score (nSPS) is 11.7. The van der Waals surface area contributed by atoms with Crippen molar-refractivity contribution in [2.75, 3.05) is 7.11 Å². The molecule has 1 amide bonds. The Morgan fingerprint density at radius 3 is 2.67 bits per heavy atom. The van der Waals surface area contributed by atoms with Gasteiger partial charge in [0.1, 0.15) is 6.04 Å². The molecule has 0 saturated carbocycles. The van der Waals surface area contributed by atoms with Crippen molar-refractivity contribution in [3.05, 3.63) is 17.5 Å². The topological polar surface area (TPSA) is 119 Å². The van der Waals surface area contributed by atoms with Gasteiger partial charge in [0, 0.05) is 6.07 Å². The van der Waals surface area contributed by atoms with Gasteiger partial charge >= 0.3 is 11.9 Å². The average molecular weight is 256 g/mol. The number of aromatic nitrogens is 1. The van der Waals surface area contributed by atoms with Crippen LogP contribution in [0.1, 0.15) is 22.7 Å². The maximum Gasteiger partial charge on any atom is 0.326 e. The lowest BCUT2D eigenvalue weighted by Crippen LogP contribution is -2.42. The van der Waals surface area contributed by atoms with Crippen molar-refractivity contribution in [2.24, 2.45) is 0 Å². The number of hydrogen-bond acceptors (Lipinski definition) is 6. The first kappa shape index (κ1) is 13.7. The average Bonchev–Trinajstić information content (AvgIpc) is 2.74. The van der Waals surface area contributed by atoms with Gasteiger partial charge in [-0.1, -0.05) is 5.16 Å². The van der Waals surface area contributed by atoms with Gasteiger partial charge in [0.2, 0.25) is 5.76 Å². The van der Waals surface area contributed by atoms with E-state index >= 15 is 0 Å². The Bertz CT molecular complexity index is 467. The Morgan fingerprint density at radius 2 is 2.22 bits per heavy atom. The Labute approximate surface area is 102 Å². The van der Waals surface area contributed by atoms with E-state index in [0.717, 1.165) is 7.11 Å². The third-order valence-electron chi connectivity index (χ3n) is 2.05. The van der Waals surface area contributed by atoms with Crippen LogP contribution < -0.4 is 5.32 Å². The van der Waals surface area contributed by atoms with Crippen molar-refractivity contribution in [3.63, 3.8) is 0 Å². The summed E-state index contributed by atoms with van der Waals surface area (Å²) < 4.78 is 9.00. The summed E-state index contributed by atoms with van der Waals surface area (Å²) in [6.07, 6.45) is -0.468. The van der Waals surface area contributed by atoms with Crippen molar-refractivity contribution in [1.82, 2.24) is 10.5 Å². The molecule has 0 radical (unpaired) electrons. The number of aliphatic carboxylic acids is 1. The number of rotatable bonds is 5. The summed E-state index contributed by atoms with van der Waals surface area (Å²) in [5, 5.41) is 14.5. The van der Waals surface area contributed by atoms with Crippen LogP contribution in [0.5, 0.6) is 0 Å². The summed E-state index contributed by atoms with van der Waals surface area (Å²) in [7, 11) is 1.13. The summed E-state index contributed by atoms with van der Waals surface area (Å²) in [6.45, 7) is 1.61. The van der Waals surface area contributed by atoms with Gasteiger partial charge in [-0.15, -0.1) is 0 Å². The maximum absolute atomic E-state index is 11.6. The van der Waals surface area contributed by atoms with Gasteiger partial charge in [-0.3, -0.25) is 9.59 Å². The van der Waals surface area contributed by atoms with Crippen LogP contribution in [0.3, 0.4) is 0 Å². The molecule has 0 aliphatic rings. The van der Waals surface area contributed by atoms with E-state index < -0.39 is 30.3 Å². The molecule has 1 aromatic rings. The third kappa shape index (κ3) is 3.58. The molecule has 1 rings (SSSR count). The molecule has 0 aliphatic heterocycles. The summed E-state index contributed by atoms with van der Waals surface area (Å²) in [6, 6.07) is -0.0257. The van der Waals surface area contributed by atoms with Crippen molar-refractivity contribution in [3.8, 4) is 0 Å². The van der Waals surface area contributed by atoms with Crippen LogP contribution >= 0.6 is 0 Å². The molecule has 98 valence electrons. The van der Waals surface area contributed by atoms with Gasteiger partial charge in [0.15, 0.2) is 0 Å². The highest BCUT2D eigenvalue weighted by atomic mass is 16.5. The number of ether oxygens (including phenoxy) is 1. The van der Waals surface area contributed by atoms with E-state index in [2.05, 4.69) is 19.7 Å². The van der Waals surface area contributed by atoms with Crippen LogP contribution in [-0.2, 0) is 14.3 Å². The Hall–Kier alpha value is -2.38. The van der Waals surface area contributed by atoms with Crippen LogP contribution in [0, 0.1) is 6.92 Å². The number of carbonyl (C=O) groups is 3. The first-order chi connectivity index (χ1) is 8.43. The van der Waals surface area contributed by atoms with E-state index in [1.54, 1.807) is 6.92 Å². The lowest BCUT2D eigenvalue weighted by molar-refractivity contribution is -0.147. The van der Waals surface area contributed by atoms with E-state index in [1.807, 2.05) is 0 Å². The molecule has 0 fully saturated rings. The van der Waals surface area contributed by atoms with Gasteiger partial charge < -0.3 is 19.7 Å². The fraction of sp³-hybridized carbons (Fsp3) is 0.400. The number of carboxylic acids is 1. The molecule has 1 heterocycles. The number of aryl methyl sites for hydroxylation is 1. The molecule has 2 N–H and O–H groups in total. The second-order valence-corrected chi connectivity index (χ2v) is 3.48. The Morgan fingerprint density at radius 1 is 1.56 bits per heavy atom. The quantitative estimate of drug-likeness (QED) is 0.696. The largest absolute Gasteiger partial charge is 0.480 e. The number of hydrogen-bond donors (Lipinski definition) is 2. The van der Waals surface area contributed by atoms with E-state index in [1.165, 1.54) is 6.07 Å². The van der Waals surface area contributed by atoms with Crippen molar-refractivity contribution >= 4 is 17.8 Å². The number of carbonyl (C=O) groups excluding carboxylic acids is 2. The fourth-order valence-electron chi connectivity index (χ4n) is 1.15. The van der Waals surface area contributed by atoms with Crippen LogP contribution in [-0.4, -0.2) is 41.3 Å². The molecule has 1 aromatic heterocycles. The number of amides is 1. The minimum atomic E-state index is -1.38. The predicted octanol–water partition coefficient (Wildman–Crippen LogP) is -0.271. The standard InChI is InChI=1S/C10H12N2O6/c1-5-3-7(18-12-5)9(14)11-6(10(15)16)4-8(13)17-2/h3,6H,4H2,1-2H3,(H,11,14)(H,15,16)/t6-/m0/s1. The van der Waals surface area contributed by atoms with E-state index in [9.17, 15) is 14.4 Å². The summed E-state index contributed by atoms with van der Waals surface area (Å²) in [5.41, 5.74) is 0.486. The molecule has 18 heavy (non-hydrogen) atoms. The molecule has 0 spiro atoms. The van der Waals surface area contributed by atoms with E-state index in [0.29, 0.717) is 5.69 Å². The lowest BCUT2D eigenvalue weighted by Gasteiger charge is -2.11. The monoisotopic (exact) mass is 256 g/mol. The van der Waals surface area contributed by atoms with Crippen LogP contribution in [0.4, 0.5) is 0 Å². The maximum atomic E-state index is 11.6. The molecule has 8 nitrogen and oxygen atoms in total. The molecule has 8 heteroatoms. The zero-order valence-corrected chi connectivity index (χ0v) is 9.80. The van der Waals surface area contributed by atoms with Crippen molar-refractivity contribution in [2.45, 2.75) is 19.4 Å². The zero-order valence-electron chi connectivity index (χ0n) is 9.80. The number of nitrogens with one attached hydrogen (secondary N) is 1. The lowest BCUT2D eigenvalue weighted by atomic mass is 10.2. The van der Waals surface area contributed by atoms with Gasteiger partial charge in [0.05, 0.1) is 19.2 Å². The van der Waals surface area contributed by atoms with Crippen LogP contribution in [0.2, 0.25) is 0 Å². The van der Waals surface area contributed by atoms with Gasteiger partial charge in [-0.25, -0.2) is 4.79 Å². The number of esters is 1. The van der Waals surface area contributed by atoms with Crippen molar-refractivity contribution in [1.29, 1.82) is 0 Å². The number of carboxylic acid groups (broad SMARTS) is 1. The molecule has 0 unspecified atom stereocenters. The Balaban J connectivity index is 2.69. The molecule has 1 atom stereocenters. The number of nitrogens with zero attached hydrogens (tertiary/aromatic N) is 1. The highest BCUT2D eigenvalue weighted by Crippen LogP contribution is 2.03. The van der Waals surface area contributed by atoms with Crippen LogP contribution in [0.25, 0.3) is 0 Å².